The molecule has 0 radical (unpaired) electrons. The minimum atomic E-state index is 1.06. The highest BCUT2D eigenvalue weighted by molar-refractivity contribution is 5.15. The van der Waals surface area contributed by atoms with Crippen LogP contribution in [0.4, 0.5) is 0 Å². The van der Waals surface area contributed by atoms with Gasteiger partial charge in [-0.25, -0.2) is 0 Å². The third kappa shape index (κ3) is 1.93. The Morgan fingerprint density at radius 1 is 1.00 bits per heavy atom. The van der Waals surface area contributed by atoms with Crippen LogP contribution in [-0.2, 0) is 6.42 Å². The fraction of sp³-hybridized carbons (Fsp3) is 0.571. The summed E-state index contributed by atoms with van der Waals surface area (Å²) in [5, 5.41) is 0. The molecule has 15 heavy (non-hydrogen) atoms. The summed E-state index contributed by atoms with van der Waals surface area (Å²) >= 11 is 0. The molecular weight excluding hydrogens is 182 g/mol. The monoisotopic (exact) mass is 201 g/mol. The highest BCUT2D eigenvalue weighted by Gasteiger charge is 2.38. The lowest BCUT2D eigenvalue weighted by Gasteiger charge is -2.28. The first kappa shape index (κ1) is 9.41. The maximum atomic E-state index is 2.66. The van der Waals surface area contributed by atoms with Gasteiger partial charge in [0, 0.05) is 19.6 Å². The van der Waals surface area contributed by atoms with Gasteiger partial charge in [0.1, 0.15) is 0 Å². The van der Waals surface area contributed by atoms with E-state index in [-0.39, 0.29) is 0 Å². The van der Waals surface area contributed by atoms with Crippen molar-refractivity contribution in [1.29, 1.82) is 0 Å². The highest BCUT2D eigenvalue weighted by atomic mass is 15.2. The Morgan fingerprint density at radius 3 is 2.27 bits per heavy atom. The highest BCUT2D eigenvalue weighted by Crippen LogP contribution is 2.40. The summed E-state index contributed by atoms with van der Waals surface area (Å²) < 4.78 is 0. The second-order valence-corrected chi connectivity index (χ2v) is 5.09. The molecule has 2 aliphatic rings. The van der Waals surface area contributed by atoms with Crippen LogP contribution in [0.25, 0.3) is 0 Å². The molecule has 80 valence electrons. The summed E-state index contributed by atoms with van der Waals surface area (Å²) in [5.41, 5.74) is 1.48. The molecule has 1 aliphatic heterocycles. The molecule has 0 aromatic heterocycles. The molecule has 0 amide bonds. The van der Waals surface area contributed by atoms with Crippen molar-refractivity contribution in [3.8, 4) is 0 Å². The number of nitrogens with zero attached hydrogens (tertiary/aromatic N) is 1. The van der Waals surface area contributed by atoms with Crippen molar-refractivity contribution in [2.45, 2.75) is 19.3 Å². The van der Waals surface area contributed by atoms with Gasteiger partial charge in [-0.2, -0.15) is 0 Å². The van der Waals surface area contributed by atoms with Crippen LogP contribution < -0.4 is 0 Å². The van der Waals surface area contributed by atoms with Crippen molar-refractivity contribution in [2.75, 3.05) is 19.6 Å². The lowest BCUT2D eigenvalue weighted by Crippen LogP contribution is -2.23. The molecule has 1 saturated carbocycles. The van der Waals surface area contributed by atoms with Gasteiger partial charge in [0.25, 0.3) is 0 Å². The van der Waals surface area contributed by atoms with E-state index in [1.54, 1.807) is 0 Å². The molecule has 1 heteroatoms. The Hall–Kier alpha value is -0.820. The zero-order valence-electron chi connectivity index (χ0n) is 9.23. The lowest BCUT2D eigenvalue weighted by atomic mass is 9.77. The van der Waals surface area contributed by atoms with Crippen molar-refractivity contribution in [2.24, 2.45) is 11.8 Å². The number of rotatable bonds is 3. The normalized spacial score (nSPS) is 29.9. The van der Waals surface area contributed by atoms with E-state index in [1.165, 1.54) is 44.5 Å². The smallest absolute Gasteiger partial charge is 0.00221 e. The fourth-order valence-corrected chi connectivity index (χ4v) is 2.97. The molecule has 2 fully saturated rings. The molecule has 1 nitrogen and oxygen atoms in total. The lowest BCUT2D eigenvalue weighted by molar-refractivity contribution is 0.243. The first-order valence-corrected chi connectivity index (χ1v) is 6.18. The summed E-state index contributed by atoms with van der Waals surface area (Å²) in [5.74, 6) is 2.11. The van der Waals surface area contributed by atoms with Crippen LogP contribution in [0.2, 0.25) is 0 Å². The van der Waals surface area contributed by atoms with Crippen LogP contribution in [0.3, 0.4) is 0 Å². The van der Waals surface area contributed by atoms with E-state index in [2.05, 4.69) is 35.2 Å². The summed E-state index contributed by atoms with van der Waals surface area (Å²) in [6.07, 6.45) is 4.21. The molecule has 2 atom stereocenters. The van der Waals surface area contributed by atoms with Crippen LogP contribution in [0.15, 0.2) is 30.3 Å². The van der Waals surface area contributed by atoms with Gasteiger partial charge in [0.05, 0.1) is 0 Å². The van der Waals surface area contributed by atoms with Crippen LogP contribution in [0.5, 0.6) is 0 Å². The third-order valence-electron chi connectivity index (χ3n) is 4.12. The number of likely N-dealkylation sites (tertiary alicyclic amines) is 1. The molecule has 1 heterocycles. The zero-order valence-corrected chi connectivity index (χ0v) is 9.23. The number of benzene rings is 1. The summed E-state index contributed by atoms with van der Waals surface area (Å²) in [7, 11) is 0. The molecule has 0 bridgehead atoms. The van der Waals surface area contributed by atoms with E-state index in [0.717, 1.165) is 11.8 Å². The quantitative estimate of drug-likeness (QED) is 0.726. The number of hydrogen-bond donors (Lipinski definition) is 0. The average Bonchev–Trinajstić information content (AvgIpc) is 2.54. The van der Waals surface area contributed by atoms with E-state index < -0.39 is 0 Å². The van der Waals surface area contributed by atoms with Crippen LogP contribution in [0, 0.1) is 11.8 Å². The number of hydrogen-bond acceptors (Lipinski definition) is 1. The van der Waals surface area contributed by atoms with Crippen molar-refractivity contribution in [3.05, 3.63) is 35.9 Å². The van der Waals surface area contributed by atoms with E-state index in [9.17, 15) is 0 Å². The Bertz CT molecular complexity index is 307. The zero-order chi connectivity index (χ0) is 10.1. The van der Waals surface area contributed by atoms with E-state index in [4.69, 9.17) is 0 Å². The van der Waals surface area contributed by atoms with Gasteiger partial charge in [0.15, 0.2) is 0 Å². The van der Waals surface area contributed by atoms with Crippen molar-refractivity contribution < 1.29 is 0 Å². The Morgan fingerprint density at radius 2 is 1.67 bits per heavy atom. The van der Waals surface area contributed by atoms with Gasteiger partial charge in [-0.3, -0.25) is 0 Å². The topological polar surface area (TPSA) is 3.24 Å². The second-order valence-electron chi connectivity index (χ2n) is 5.09. The van der Waals surface area contributed by atoms with Crippen molar-refractivity contribution in [3.63, 3.8) is 0 Å². The predicted molar refractivity (Wildman–Crippen MR) is 62.8 cm³/mol. The second kappa shape index (κ2) is 3.97. The molecular formula is C14H19N. The van der Waals surface area contributed by atoms with Gasteiger partial charge >= 0.3 is 0 Å². The van der Waals surface area contributed by atoms with Crippen molar-refractivity contribution >= 4 is 0 Å². The SMILES string of the molecule is c1ccc(CCN2C[C@H]3CC[C@@H]3C2)cc1. The fourth-order valence-electron chi connectivity index (χ4n) is 2.97. The largest absolute Gasteiger partial charge is 0.302 e. The Balaban J connectivity index is 1.50. The third-order valence-corrected chi connectivity index (χ3v) is 4.12. The molecule has 0 spiro atoms. The number of fused-ring (bicyclic) bond motifs is 1. The maximum Gasteiger partial charge on any atom is 0.00221 e. The maximum absolute atomic E-state index is 2.66. The van der Waals surface area contributed by atoms with Crippen molar-refractivity contribution in [1.82, 2.24) is 4.90 Å². The summed E-state index contributed by atoms with van der Waals surface area (Å²) in [6.45, 7) is 4.01. The molecule has 3 rings (SSSR count). The van der Waals surface area contributed by atoms with Gasteiger partial charge in [0.2, 0.25) is 0 Å². The van der Waals surface area contributed by atoms with Crippen LogP contribution in [0.1, 0.15) is 18.4 Å². The molecule has 1 aliphatic carbocycles. The Labute approximate surface area is 92.1 Å². The molecule has 1 aromatic rings. The first-order valence-electron chi connectivity index (χ1n) is 6.18. The molecule has 1 saturated heterocycles. The molecule has 0 unspecified atom stereocenters. The van der Waals surface area contributed by atoms with Gasteiger partial charge in [-0.15, -0.1) is 0 Å². The summed E-state index contributed by atoms with van der Waals surface area (Å²) in [4.78, 5) is 2.66. The predicted octanol–water partition coefficient (Wildman–Crippen LogP) is 2.57. The average molecular weight is 201 g/mol. The van der Waals surface area contributed by atoms with E-state index in [1.807, 2.05) is 0 Å². The Kier molecular flexibility index (Phi) is 2.49. The first-order chi connectivity index (χ1) is 7.42. The van der Waals surface area contributed by atoms with Gasteiger partial charge < -0.3 is 4.90 Å². The minimum Gasteiger partial charge on any atom is -0.302 e. The van der Waals surface area contributed by atoms with E-state index >= 15 is 0 Å². The van der Waals surface area contributed by atoms with Gasteiger partial charge in [-0.1, -0.05) is 30.3 Å². The standard InChI is InChI=1S/C14H19N/c1-2-4-12(5-3-1)8-9-15-10-13-6-7-14(13)11-15/h1-5,13-14H,6-11H2/t13-,14-/m1/s1. The van der Waals surface area contributed by atoms with Crippen LogP contribution >= 0.6 is 0 Å². The van der Waals surface area contributed by atoms with Gasteiger partial charge in [-0.05, 0) is 36.7 Å². The molecule has 1 aromatic carbocycles. The van der Waals surface area contributed by atoms with Crippen LogP contribution in [-0.4, -0.2) is 24.5 Å². The molecule has 0 N–H and O–H groups in total. The van der Waals surface area contributed by atoms with E-state index in [0.29, 0.717) is 0 Å². The summed E-state index contributed by atoms with van der Waals surface area (Å²) in [6, 6.07) is 10.9. The minimum absolute atomic E-state index is 1.06.